The predicted octanol–water partition coefficient (Wildman–Crippen LogP) is -0.391. The van der Waals surface area contributed by atoms with Gasteiger partial charge in [0.15, 0.2) is 19.4 Å². The molecule has 3 nitrogen and oxygen atoms in total. The molecule has 0 aliphatic carbocycles. The Bertz CT molecular complexity index is 66.0. The van der Waals surface area contributed by atoms with Crippen molar-refractivity contribution in [2.24, 2.45) is 0 Å². The van der Waals surface area contributed by atoms with E-state index >= 15 is 0 Å². The van der Waals surface area contributed by atoms with Crippen molar-refractivity contribution in [3.8, 4) is 0 Å². The number of methoxy groups -OCH3 is 1. The highest BCUT2D eigenvalue weighted by Gasteiger charge is 2.11. The maximum atomic E-state index is 10.0. The lowest BCUT2D eigenvalue weighted by atomic mass is 10.7. The second kappa shape index (κ2) is 4.11. The zero-order valence-corrected chi connectivity index (χ0v) is 4.81. The highest BCUT2D eigenvalue weighted by molar-refractivity contribution is 7.78. The van der Waals surface area contributed by atoms with E-state index in [9.17, 15) is 4.79 Å². The van der Waals surface area contributed by atoms with Crippen LogP contribution in [0.4, 0.5) is 0 Å². The van der Waals surface area contributed by atoms with Gasteiger partial charge in [-0.25, -0.2) is 4.79 Å². The molecule has 0 aliphatic rings. The molecule has 0 aliphatic heterocycles. The van der Waals surface area contributed by atoms with Crippen LogP contribution in [-0.4, -0.2) is 19.6 Å². The summed E-state index contributed by atoms with van der Waals surface area (Å²) < 4.78 is 7.41. The van der Waals surface area contributed by atoms with Crippen molar-refractivity contribution >= 4 is 18.7 Å². The minimum absolute atomic E-state index is 0.0174. The number of hydrogen-bond acceptors (Lipinski definition) is 3. The molecule has 0 saturated carbocycles. The fraction of sp³-hybridized carbons (Fsp3) is 0.667. The van der Waals surface area contributed by atoms with E-state index in [1.807, 2.05) is 0 Å². The van der Waals surface area contributed by atoms with Crippen molar-refractivity contribution in [1.29, 1.82) is 0 Å². The first-order valence-electron chi connectivity index (χ1n) is 1.68. The van der Waals surface area contributed by atoms with Gasteiger partial charge >= 0.3 is 5.91 Å². The zero-order chi connectivity index (χ0) is 5.70. The number of carbonyl (C=O) groups is 1. The highest BCUT2D eigenvalue weighted by Crippen LogP contribution is 1.71. The molecule has 0 atom stereocenters. The van der Waals surface area contributed by atoms with Gasteiger partial charge < -0.3 is 4.74 Å². The summed E-state index contributed by atoms with van der Waals surface area (Å²) in [5.74, 6) is -0.356. The van der Waals surface area contributed by atoms with Gasteiger partial charge in [0.2, 0.25) is 4.72 Å². The number of nitrogens with zero attached hydrogens (tertiary/aromatic N) is 1. The Morgan fingerprint density at radius 2 is 2.57 bits per heavy atom. The molecule has 0 bridgehead atoms. The third kappa shape index (κ3) is 3.78. The predicted molar refractivity (Wildman–Crippen MR) is 28.0 cm³/mol. The molecule has 0 rings (SSSR count). The van der Waals surface area contributed by atoms with Crippen LogP contribution in [0, 0.1) is 0 Å². The molecule has 0 unspecified atom stereocenters. The number of ether oxygens (including phenoxy) is 1. The lowest BCUT2D eigenvalue weighted by molar-refractivity contribution is -0.122. The van der Waals surface area contributed by atoms with E-state index in [1.165, 1.54) is 7.11 Å². The fourth-order valence-corrected chi connectivity index (χ4v) is 0.210. The fourth-order valence-electron chi connectivity index (χ4n) is 0.152. The minimum atomic E-state index is -0.356. The first kappa shape index (κ1) is 6.94. The maximum absolute atomic E-state index is 10.0. The lowest BCUT2D eigenvalue weighted by Crippen LogP contribution is -2.11. The van der Waals surface area contributed by atoms with Gasteiger partial charge in [-0.05, 0) is 0 Å². The largest absolute Gasteiger partial charge is 0.462 e. The molecule has 0 aromatic heterocycles. The molecule has 0 aromatic carbocycles. The molecule has 0 aromatic rings. The topological polar surface area (TPSA) is 40.4 Å². The number of thiol groups is 1. The van der Waals surface area contributed by atoms with E-state index in [0.717, 1.165) is 0 Å². The number of carbonyl (C=O) groups excluding carboxylic acids is 1. The van der Waals surface area contributed by atoms with E-state index in [2.05, 4.69) is 22.3 Å². The summed E-state index contributed by atoms with van der Waals surface area (Å²) in [7, 11) is 1.43. The summed E-state index contributed by atoms with van der Waals surface area (Å²) in [6.07, 6.45) is 0. The van der Waals surface area contributed by atoms with Crippen molar-refractivity contribution in [2.75, 3.05) is 13.7 Å². The number of hydrogen-bond donors (Lipinski definition) is 1. The maximum Gasteiger partial charge on any atom is 0.462 e. The summed E-state index contributed by atoms with van der Waals surface area (Å²) in [4.78, 5) is 10.0. The zero-order valence-electron chi connectivity index (χ0n) is 3.92. The quantitative estimate of drug-likeness (QED) is 0.504. The summed E-state index contributed by atoms with van der Waals surface area (Å²) in [5.41, 5.74) is 0. The van der Waals surface area contributed by atoms with Crippen LogP contribution in [0.15, 0.2) is 0 Å². The molecule has 4 heteroatoms. The first-order chi connectivity index (χ1) is 3.31. The molecule has 0 fully saturated rings. The minimum Gasteiger partial charge on any atom is -0.370 e. The van der Waals surface area contributed by atoms with E-state index in [-0.39, 0.29) is 12.5 Å². The van der Waals surface area contributed by atoms with E-state index in [1.54, 1.807) is 0 Å². The van der Waals surface area contributed by atoms with Crippen molar-refractivity contribution < 1.29 is 9.53 Å². The van der Waals surface area contributed by atoms with E-state index in [0.29, 0.717) is 0 Å². The van der Waals surface area contributed by atoms with Crippen LogP contribution < -0.4 is 4.72 Å². The van der Waals surface area contributed by atoms with Crippen LogP contribution >= 0.6 is 12.8 Å². The van der Waals surface area contributed by atoms with E-state index < -0.39 is 0 Å². The van der Waals surface area contributed by atoms with Crippen molar-refractivity contribution in [2.45, 2.75) is 0 Å². The van der Waals surface area contributed by atoms with Crippen molar-refractivity contribution in [3.63, 3.8) is 0 Å². The van der Waals surface area contributed by atoms with Crippen LogP contribution in [0.25, 0.3) is 0 Å². The molecule has 7 heavy (non-hydrogen) atoms. The Labute approximate surface area is 47.6 Å². The SMILES string of the molecule is COCC(=O)[N+]S. The van der Waals surface area contributed by atoms with E-state index in [4.69, 9.17) is 0 Å². The standard InChI is InChI=1S/C3H6NO2S/c1-6-2-3(5)4-7/h7H,2H2,1H3/q+1. The monoisotopic (exact) mass is 120 g/mol. The van der Waals surface area contributed by atoms with Gasteiger partial charge in [0.25, 0.3) is 0 Å². The van der Waals surface area contributed by atoms with Gasteiger partial charge in [0.05, 0.1) is 0 Å². The van der Waals surface area contributed by atoms with Gasteiger partial charge in [0.1, 0.15) is 0 Å². The highest BCUT2D eigenvalue weighted by atomic mass is 32.1. The second-order valence-electron chi connectivity index (χ2n) is 0.927. The van der Waals surface area contributed by atoms with Crippen LogP contribution in [-0.2, 0) is 9.53 Å². The van der Waals surface area contributed by atoms with Crippen LogP contribution in [0.3, 0.4) is 0 Å². The van der Waals surface area contributed by atoms with Crippen LogP contribution in [0.1, 0.15) is 0 Å². The van der Waals surface area contributed by atoms with Crippen LogP contribution in [0.2, 0.25) is 0 Å². The number of amides is 1. The Morgan fingerprint density at radius 3 is 2.71 bits per heavy atom. The number of rotatable bonds is 2. The summed E-state index contributed by atoms with van der Waals surface area (Å²) in [5, 5.41) is 0. The Kier molecular flexibility index (Phi) is 4.07. The first-order valence-corrected chi connectivity index (χ1v) is 2.08. The summed E-state index contributed by atoms with van der Waals surface area (Å²) in [6, 6.07) is 0. The molecule has 0 heterocycles. The molecule has 0 saturated heterocycles. The van der Waals surface area contributed by atoms with Gasteiger partial charge in [0, 0.05) is 7.11 Å². The third-order valence-electron chi connectivity index (χ3n) is 0.379. The summed E-state index contributed by atoms with van der Waals surface area (Å²) >= 11 is 3.34. The molecular weight excluding hydrogens is 114 g/mol. The normalized spacial score (nSPS) is 8.86. The molecule has 40 valence electrons. The Morgan fingerprint density at radius 1 is 2.00 bits per heavy atom. The summed E-state index contributed by atoms with van der Waals surface area (Å²) in [6.45, 7) is 0.0174. The molecular formula is C3H6NO2S+. The van der Waals surface area contributed by atoms with Gasteiger partial charge in [-0.2, -0.15) is 0 Å². The third-order valence-corrected chi connectivity index (χ3v) is 0.602. The van der Waals surface area contributed by atoms with Gasteiger partial charge in [-0.1, -0.05) is 0 Å². The molecule has 1 amide bonds. The second-order valence-corrected chi connectivity index (χ2v) is 1.13. The van der Waals surface area contributed by atoms with Crippen molar-refractivity contribution in [1.82, 2.24) is 4.72 Å². The van der Waals surface area contributed by atoms with Crippen LogP contribution in [0.5, 0.6) is 0 Å². The van der Waals surface area contributed by atoms with Gasteiger partial charge in [-0.15, -0.1) is 0 Å². The smallest absolute Gasteiger partial charge is 0.370 e. The average molecular weight is 120 g/mol. The van der Waals surface area contributed by atoms with Crippen molar-refractivity contribution in [3.05, 3.63) is 0 Å². The lowest BCUT2D eigenvalue weighted by Gasteiger charge is -1.78. The molecule has 0 spiro atoms. The Hall–Kier alpha value is -0.0600. The molecule has 0 N–H and O–H groups in total. The Balaban J connectivity index is 3.00. The molecule has 2 radical (unpaired) electrons. The average Bonchev–Trinajstić information content (AvgIpc) is 1.68. The van der Waals surface area contributed by atoms with Gasteiger partial charge in [-0.3, -0.25) is 0 Å².